The monoisotopic (exact) mass is 484 g/mol. The number of ether oxygens (including phenoxy) is 1. The number of likely N-dealkylation sites (tertiary alicyclic amines) is 1. The average Bonchev–Trinajstić information content (AvgIpc) is 3.25. The molecule has 2 aromatic carbocycles. The second kappa shape index (κ2) is 9.60. The van der Waals surface area contributed by atoms with Gasteiger partial charge in [0.05, 0.1) is 11.4 Å². The topological polar surface area (TPSA) is 99.2 Å². The number of carbonyl (C=O) groups excluding carboxylic acids is 1. The summed E-state index contributed by atoms with van der Waals surface area (Å²) in [6, 6.07) is 17.5. The molecule has 0 saturated carbocycles. The number of fused-ring (bicyclic) bond motifs is 1. The molecule has 3 heterocycles. The Morgan fingerprint density at radius 3 is 2.50 bits per heavy atom. The third-order valence-corrected chi connectivity index (χ3v) is 6.40. The number of piperidine rings is 1. The lowest BCUT2D eigenvalue weighted by Crippen LogP contribution is -2.42. The number of aromatic nitrogens is 4. The van der Waals surface area contributed by atoms with E-state index in [4.69, 9.17) is 15.6 Å². The van der Waals surface area contributed by atoms with Crippen molar-refractivity contribution in [2.75, 3.05) is 18.8 Å². The Balaban J connectivity index is 1.45. The van der Waals surface area contributed by atoms with E-state index in [1.54, 1.807) is 0 Å². The van der Waals surface area contributed by atoms with Crippen molar-refractivity contribution in [2.24, 2.45) is 5.41 Å². The van der Waals surface area contributed by atoms with E-state index in [0.29, 0.717) is 24.4 Å². The van der Waals surface area contributed by atoms with Crippen LogP contribution in [0.25, 0.3) is 22.3 Å². The Labute approximate surface area is 211 Å². The molecule has 8 nitrogen and oxygen atoms in total. The van der Waals surface area contributed by atoms with Crippen molar-refractivity contribution in [3.63, 3.8) is 0 Å². The zero-order chi connectivity index (χ0) is 25.3. The number of rotatable bonds is 5. The first-order valence-corrected chi connectivity index (χ1v) is 12.4. The highest BCUT2D eigenvalue weighted by Gasteiger charge is 2.30. The smallest absolute Gasteiger partial charge is 0.223 e. The van der Waals surface area contributed by atoms with E-state index in [0.717, 1.165) is 47.5 Å². The van der Waals surface area contributed by atoms with Crippen LogP contribution in [-0.2, 0) is 4.79 Å². The Kier molecular flexibility index (Phi) is 6.35. The van der Waals surface area contributed by atoms with Gasteiger partial charge in [0.25, 0.3) is 0 Å². The SMILES string of the molecule is CC(C)(C)CC(=O)N1CCC[C@@H](n2nc(-c3ccc(Oc4ccccc4)cc3)c3c(N)ncnc32)C1. The molecule has 0 aliphatic carbocycles. The molecule has 1 atom stereocenters. The Morgan fingerprint density at radius 2 is 1.78 bits per heavy atom. The average molecular weight is 485 g/mol. The highest BCUT2D eigenvalue weighted by molar-refractivity contribution is 5.98. The van der Waals surface area contributed by atoms with E-state index < -0.39 is 0 Å². The summed E-state index contributed by atoms with van der Waals surface area (Å²) in [5.74, 6) is 2.09. The minimum Gasteiger partial charge on any atom is -0.457 e. The van der Waals surface area contributed by atoms with Crippen LogP contribution in [0, 0.1) is 5.41 Å². The summed E-state index contributed by atoms with van der Waals surface area (Å²) < 4.78 is 7.88. The van der Waals surface area contributed by atoms with Gasteiger partial charge in [-0.15, -0.1) is 0 Å². The number of benzene rings is 2. The second-order valence-corrected chi connectivity index (χ2v) is 10.6. The van der Waals surface area contributed by atoms with Gasteiger partial charge in [0.1, 0.15) is 29.3 Å². The van der Waals surface area contributed by atoms with Gasteiger partial charge in [-0.3, -0.25) is 4.79 Å². The van der Waals surface area contributed by atoms with Gasteiger partial charge in [0, 0.05) is 25.1 Å². The summed E-state index contributed by atoms with van der Waals surface area (Å²) >= 11 is 0. The van der Waals surface area contributed by atoms with E-state index >= 15 is 0 Å². The maximum atomic E-state index is 12.9. The first-order valence-electron chi connectivity index (χ1n) is 12.4. The van der Waals surface area contributed by atoms with E-state index in [1.807, 2.05) is 64.2 Å². The van der Waals surface area contributed by atoms with E-state index in [-0.39, 0.29) is 17.4 Å². The van der Waals surface area contributed by atoms with Crippen molar-refractivity contribution in [1.29, 1.82) is 0 Å². The number of carbonyl (C=O) groups is 1. The van der Waals surface area contributed by atoms with Crippen LogP contribution < -0.4 is 10.5 Å². The Bertz CT molecular complexity index is 1360. The molecule has 5 rings (SSSR count). The molecule has 0 bridgehead atoms. The normalized spacial score (nSPS) is 16.3. The Morgan fingerprint density at radius 1 is 1.06 bits per heavy atom. The number of para-hydroxylation sites is 1. The van der Waals surface area contributed by atoms with Gasteiger partial charge in [-0.05, 0) is 54.7 Å². The zero-order valence-corrected chi connectivity index (χ0v) is 21.0. The van der Waals surface area contributed by atoms with Crippen LogP contribution >= 0.6 is 0 Å². The van der Waals surface area contributed by atoms with Crippen molar-refractivity contribution in [1.82, 2.24) is 24.6 Å². The summed E-state index contributed by atoms with van der Waals surface area (Å²) in [5, 5.41) is 5.71. The zero-order valence-electron chi connectivity index (χ0n) is 21.0. The van der Waals surface area contributed by atoms with Crippen LogP contribution in [0.3, 0.4) is 0 Å². The summed E-state index contributed by atoms with van der Waals surface area (Å²) in [7, 11) is 0. The first kappa shape index (κ1) is 23.8. The lowest BCUT2D eigenvalue weighted by Gasteiger charge is -2.34. The third-order valence-electron chi connectivity index (χ3n) is 6.40. The van der Waals surface area contributed by atoms with E-state index in [1.165, 1.54) is 6.33 Å². The first-order chi connectivity index (χ1) is 17.3. The summed E-state index contributed by atoms with van der Waals surface area (Å²) in [5.41, 5.74) is 8.59. The van der Waals surface area contributed by atoms with Gasteiger partial charge in [0.15, 0.2) is 5.65 Å². The molecule has 2 aromatic heterocycles. The number of hydrogen-bond acceptors (Lipinski definition) is 6. The molecule has 4 aromatic rings. The quantitative estimate of drug-likeness (QED) is 0.403. The van der Waals surface area contributed by atoms with Crippen LogP contribution in [-0.4, -0.2) is 43.6 Å². The number of anilines is 1. The largest absolute Gasteiger partial charge is 0.457 e. The highest BCUT2D eigenvalue weighted by atomic mass is 16.5. The summed E-state index contributed by atoms with van der Waals surface area (Å²) in [4.78, 5) is 23.7. The maximum absolute atomic E-state index is 12.9. The second-order valence-electron chi connectivity index (χ2n) is 10.6. The molecule has 186 valence electrons. The molecule has 1 saturated heterocycles. The fourth-order valence-corrected chi connectivity index (χ4v) is 4.70. The van der Waals surface area contributed by atoms with Crippen molar-refractivity contribution in [3.8, 4) is 22.8 Å². The lowest BCUT2D eigenvalue weighted by atomic mass is 9.91. The molecule has 8 heteroatoms. The van der Waals surface area contributed by atoms with Gasteiger partial charge >= 0.3 is 0 Å². The van der Waals surface area contributed by atoms with Crippen LogP contribution in [0.1, 0.15) is 46.1 Å². The fraction of sp³-hybridized carbons (Fsp3) is 0.357. The molecule has 0 unspecified atom stereocenters. The lowest BCUT2D eigenvalue weighted by molar-refractivity contribution is -0.134. The Hall–Kier alpha value is -3.94. The van der Waals surface area contributed by atoms with Crippen molar-refractivity contribution in [2.45, 2.75) is 46.1 Å². The van der Waals surface area contributed by atoms with Gasteiger partial charge in [0.2, 0.25) is 5.91 Å². The highest BCUT2D eigenvalue weighted by Crippen LogP contribution is 2.35. The molecule has 1 aliphatic rings. The molecule has 1 amide bonds. The number of hydrogen-bond donors (Lipinski definition) is 1. The summed E-state index contributed by atoms with van der Waals surface area (Å²) in [6.45, 7) is 7.66. The van der Waals surface area contributed by atoms with Crippen molar-refractivity contribution >= 4 is 22.8 Å². The van der Waals surface area contributed by atoms with Crippen LogP contribution in [0.5, 0.6) is 11.5 Å². The molecule has 36 heavy (non-hydrogen) atoms. The number of nitrogens with two attached hydrogens (primary N) is 1. The van der Waals surface area contributed by atoms with E-state index in [2.05, 4.69) is 30.7 Å². The molecule has 1 aliphatic heterocycles. The molecule has 1 fully saturated rings. The molecular weight excluding hydrogens is 452 g/mol. The predicted molar refractivity (Wildman–Crippen MR) is 141 cm³/mol. The van der Waals surface area contributed by atoms with Crippen LogP contribution in [0.4, 0.5) is 5.82 Å². The predicted octanol–water partition coefficient (Wildman–Crippen LogP) is 5.47. The molecular formula is C28H32N6O2. The molecule has 0 spiro atoms. The van der Waals surface area contributed by atoms with Gasteiger partial charge in [-0.2, -0.15) is 5.10 Å². The third kappa shape index (κ3) is 5.03. The summed E-state index contributed by atoms with van der Waals surface area (Å²) in [6.07, 6.45) is 3.84. The van der Waals surface area contributed by atoms with Gasteiger partial charge < -0.3 is 15.4 Å². The number of nitrogen functional groups attached to an aromatic ring is 1. The molecule has 0 radical (unpaired) electrons. The minimum atomic E-state index is -0.0480. The van der Waals surface area contributed by atoms with Crippen LogP contribution in [0.2, 0.25) is 0 Å². The van der Waals surface area contributed by atoms with Crippen molar-refractivity contribution < 1.29 is 9.53 Å². The van der Waals surface area contributed by atoms with Gasteiger partial charge in [-0.1, -0.05) is 39.0 Å². The number of nitrogens with zero attached hydrogens (tertiary/aromatic N) is 5. The van der Waals surface area contributed by atoms with Gasteiger partial charge in [-0.25, -0.2) is 14.6 Å². The van der Waals surface area contributed by atoms with Crippen LogP contribution in [0.15, 0.2) is 60.9 Å². The number of amides is 1. The standard InChI is InChI=1S/C28H32N6O2/c1-28(2,3)16-23(35)33-15-7-8-20(17-33)34-27-24(26(29)30-18-31-27)25(32-34)19-11-13-22(14-12-19)36-21-9-5-4-6-10-21/h4-6,9-14,18,20H,7-8,15-17H2,1-3H3,(H2,29,30,31)/t20-/m1/s1. The fourth-order valence-electron chi connectivity index (χ4n) is 4.70. The van der Waals surface area contributed by atoms with E-state index in [9.17, 15) is 4.79 Å². The molecule has 2 N–H and O–H groups in total. The minimum absolute atomic E-state index is 0.0221. The maximum Gasteiger partial charge on any atom is 0.223 e. The van der Waals surface area contributed by atoms with Crippen molar-refractivity contribution in [3.05, 3.63) is 60.9 Å².